The molecule has 1 atom stereocenters. The van der Waals surface area contributed by atoms with Crippen LogP contribution in [-0.4, -0.2) is 32.3 Å². The average molecular weight is 428 g/mol. The first kappa shape index (κ1) is 17.7. The number of aromatic nitrogens is 4. The molecule has 2 bridgehead atoms. The largest absolute Gasteiger partial charge is 0.493 e. The molecular formula is C19H18BrN5O2. The third-order valence-corrected chi connectivity index (χ3v) is 4.97. The van der Waals surface area contributed by atoms with E-state index in [1.165, 1.54) is 0 Å². The van der Waals surface area contributed by atoms with Gasteiger partial charge in [0.1, 0.15) is 23.6 Å². The normalized spacial score (nSPS) is 17.1. The van der Waals surface area contributed by atoms with Crippen LogP contribution in [0.25, 0.3) is 11.5 Å². The molecule has 0 aliphatic carbocycles. The Kier molecular flexibility index (Phi) is 4.89. The van der Waals surface area contributed by atoms with Crippen molar-refractivity contribution in [2.75, 3.05) is 11.9 Å². The highest BCUT2D eigenvalue weighted by atomic mass is 79.9. The topological polar surface area (TPSA) is 81.9 Å². The van der Waals surface area contributed by atoms with Crippen molar-refractivity contribution in [2.45, 2.75) is 25.8 Å². The minimum atomic E-state index is -0.269. The lowest BCUT2D eigenvalue weighted by molar-refractivity contribution is 0.102. The Balaban J connectivity index is 1.76. The lowest BCUT2D eigenvalue weighted by Crippen LogP contribution is -2.16. The number of halogens is 1. The van der Waals surface area contributed by atoms with Crippen LogP contribution in [0, 0.1) is 0 Å². The van der Waals surface area contributed by atoms with Gasteiger partial charge in [-0.15, -0.1) is 10.2 Å². The first-order valence-corrected chi connectivity index (χ1v) is 9.52. The molecule has 1 aliphatic rings. The number of rotatable bonds is 0. The number of hydrogen-bond donors (Lipinski definition) is 1. The summed E-state index contributed by atoms with van der Waals surface area (Å²) < 4.78 is 8.77. The zero-order chi connectivity index (χ0) is 18.8. The maximum Gasteiger partial charge on any atom is 0.260 e. The molecule has 0 spiro atoms. The number of fused-ring (bicyclic) bond motifs is 5. The predicted octanol–water partition coefficient (Wildman–Crippen LogP) is 4.09. The van der Waals surface area contributed by atoms with E-state index in [1.54, 1.807) is 18.5 Å². The van der Waals surface area contributed by atoms with E-state index in [1.807, 2.05) is 28.8 Å². The Morgan fingerprint density at radius 2 is 2.19 bits per heavy atom. The van der Waals surface area contributed by atoms with E-state index in [0.717, 1.165) is 17.3 Å². The number of ether oxygens (including phenoxy) is 1. The molecule has 3 heterocycles. The molecule has 0 saturated carbocycles. The van der Waals surface area contributed by atoms with Crippen LogP contribution in [0.1, 0.15) is 36.2 Å². The van der Waals surface area contributed by atoms with Crippen LogP contribution >= 0.6 is 15.9 Å². The monoisotopic (exact) mass is 427 g/mol. The number of carbonyl (C=O) groups is 1. The summed E-state index contributed by atoms with van der Waals surface area (Å²) in [5.41, 5.74) is 1.14. The first-order valence-electron chi connectivity index (χ1n) is 8.72. The van der Waals surface area contributed by atoms with Gasteiger partial charge in [0, 0.05) is 10.5 Å². The van der Waals surface area contributed by atoms with Gasteiger partial charge in [-0.1, -0.05) is 22.0 Å². The zero-order valence-electron chi connectivity index (χ0n) is 14.7. The second-order valence-electron chi connectivity index (χ2n) is 6.40. The Morgan fingerprint density at radius 3 is 3.07 bits per heavy atom. The van der Waals surface area contributed by atoms with E-state index < -0.39 is 0 Å². The molecule has 27 heavy (non-hydrogen) atoms. The van der Waals surface area contributed by atoms with Gasteiger partial charge in [-0.2, -0.15) is 0 Å². The predicted molar refractivity (Wildman–Crippen MR) is 105 cm³/mol. The lowest BCUT2D eigenvalue weighted by atomic mass is 10.1. The third kappa shape index (κ3) is 3.71. The molecule has 1 aromatic carbocycles. The minimum absolute atomic E-state index is 0.198. The number of carbonyl (C=O) groups excluding carboxylic acids is 1. The van der Waals surface area contributed by atoms with Crippen molar-refractivity contribution in [2.24, 2.45) is 0 Å². The van der Waals surface area contributed by atoms with Crippen LogP contribution in [0.5, 0.6) is 5.75 Å². The Hall–Kier alpha value is -2.74. The summed E-state index contributed by atoms with van der Waals surface area (Å²) in [7, 11) is 0. The first-order chi connectivity index (χ1) is 13.1. The average Bonchev–Trinajstić information content (AvgIpc) is 3.14. The molecule has 0 fully saturated rings. The summed E-state index contributed by atoms with van der Waals surface area (Å²) in [5, 5.41) is 11.1. The summed E-state index contributed by atoms with van der Waals surface area (Å²) in [6, 6.07) is 11.0. The van der Waals surface area contributed by atoms with Crippen LogP contribution in [0.15, 0.2) is 47.2 Å². The van der Waals surface area contributed by atoms with Gasteiger partial charge in [-0.25, -0.2) is 4.98 Å². The Morgan fingerprint density at radius 1 is 1.30 bits per heavy atom. The molecule has 4 rings (SSSR count). The van der Waals surface area contributed by atoms with Crippen LogP contribution in [0.2, 0.25) is 0 Å². The van der Waals surface area contributed by atoms with Gasteiger partial charge in [0.25, 0.3) is 5.91 Å². The number of pyridine rings is 1. The van der Waals surface area contributed by atoms with Crippen molar-refractivity contribution in [3.8, 4) is 17.3 Å². The van der Waals surface area contributed by atoms with E-state index in [9.17, 15) is 4.79 Å². The molecule has 0 radical (unpaired) electrons. The molecular weight excluding hydrogens is 410 g/mol. The molecule has 1 aliphatic heterocycles. The highest BCUT2D eigenvalue weighted by Crippen LogP contribution is 2.27. The smallest absolute Gasteiger partial charge is 0.260 e. The SMILES string of the molecule is C[C@@H]1CCCOc2cc(Br)ccc2C(=O)Nc2cccc(n2)-c2nncn21. The highest BCUT2D eigenvalue weighted by molar-refractivity contribution is 9.10. The lowest BCUT2D eigenvalue weighted by Gasteiger charge is -2.17. The number of benzene rings is 1. The van der Waals surface area contributed by atoms with Crippen LogP contribution < -0.4 is 10.1 Å². The van der Waals surface area contributed by atoms with E-state index >= 15 is 0 Å². The minimum Gasteiger partial charge on any atom is -0.493 e. The third-order valence-electron chi connectivity index (χ3n) is 4.48. The fourth-order valence-electron chi connectivity index (χ4n) is 3.06. The number of nitrogens with one attached hydrogen (secondary N) is 1. The highest BCUT2D eigenvalue weighted by Gasteiger charge is 2.18. The van der Waals surface area contributed by atoms with Gasteiger partial charge in [-0.05, 0) is 50.1 Å². The molecule has 1 N–H and O–H groups in total. The standard InChI is InChI=1S/C19H18BrN5O2/c1-12-4-3-9-27-16-10-13(20)7-8-14(16)19(26)23-17-6-2-5-15(22-17)18-24-21-11-25(12)18/h2,5-8,10-12H,3-4,9H2,1H3,(H,22,23,26)/t12-/m1/s1. The molecule has 8 heteroatoms. The van der Waals surface area contributed by atoms with Gasteiger partial charge < -0.3 is 14.6 Å². The Labute approximate surface area is 164 Å². The quantitative estimate of drug-likeness (QED) is 0.584. The second-order valence-corrected chi connectivity index (χ2v) is 7.32. The number of anilines is 1. The van der Waals surface area contributed by atoms with Crippen molar-refractivity contribution in [3.05, 3.63) is 52.8 Å². The molecule has 0 saturated heterocycles. The fraction of sp³-hybridized carbons (Fsp3) is 0.263. The number of nitrogens with zero attached hydrogens (tertiary/aromatic N) is 4. The van der Waals surface area contributed by atoms with Crippen molar-refractivity contribution >= 4 is 27.7 Å². The Bertz CT molecular complexity index is 988. The number of hydrogen-bond acceptors (Lipinski definition) is 5. The molecule has 138 valence electrons. The van der Waals surface area contributed by atoms with E-state index in [4.69, 9.17) is 4.74 Å². The maximum absolute atomic E-state index is 12.8. The van der Waals surface area contributed by atoms with E-state index in [2.05, 4.69) is 43.4 Å². The van der Waals surface area contributed by atoms with Gasteiger partial charge in [0.15, 0.2) is 5.82 Å². The van der Waals surface area contributed by atoms with Crippen molar-refractivity contribution < 1.29 is 9.53 Å². The van der Waals surface area contributed by atoms with E-state index in [-0.39, 0.29) is 11.9 Å². The molecule has 0 unspecified atom stereocenters. The maximum atomic E-state index is 12.8. The summed E-state index contributed by atoms with van der Waals surface area (Å²) in [6.07, 6.45) is 3.44. The second kappa shape index (κ2) is 7.48. The molecule has 3 aromatic rings. The van der Waals surface area contributed by atoms with Crippen LogP contribution in [-0.2, 0) is 0 Å². The van der Waals surface area contributed by atoms with Crippen molar-refractivity contribution in [1.29, 1.82) is 0 Å². The van der Waals surface area contributed by atoms with Gasteiger partial charge in [0.05, 0.1) is 12.2 Å². The molecule has 1 amide bonds. The summed E-state index contributed by atoms with van der Waals surface area (Å²) in [6.45, 7) is 2.64. The summed E-state index contributed by atoms with van der Waals surface area (Å²) >= 11 is 3.44. The van der Waals surface area contributed by atoms with Gasteiger partial charge in [0.2, 0.25) is 0 Å². The van der Waals surface area contributed by atoms with Crippen molar-refractivity contribution in [3.63, 3.8) is 0 Å². The van der Waals surface area contributed by atoms with Crippen LogP contribution in [0.4, 0.5) is 5.82 Å². The summed E-state index contributed by atoms with van der Waals surface area (Å²) in [5.74, 6) is 1.41. The van der Waals surface area contributed by atoms with E-state index in [0.29, 0.717) is 35.3 Å². The number of amides is 1. The summed E-state index contributed by atoms with van der Waals surface area (Å²) in [4.78, 5) is 17.3. The van der Waals surface area contributed by atoms with Crippen molar-refractivity contribution in [1.82, 2.24) is 19.7 Å². The molecule has 2 aromatic heterocycles. The fourth-order valence-corrected chi connectivity index (χ4v) is 3.40. The van der Waals surface area contributed by atoms with Crippen LogP contribution in [0.3, 0.4) is 0 Å². The zero-order valence-corrected chi connectivity index (χ0v) is 16.3. The van der Waals surface area contributed by atoms with Gasteiger partial charge in [-0.3, -0.25) is 4.79 Å². The van der Waals surface area contributed by atoms with Gasteiger partial charge >= 0.3 is 0 Å². The molecule has 7 nitrogen and oxygen atoms in total.